The first kappa shape index (κ1) is 20.1. The molecule has 3 heterocycles. The second kappa shape index (κ2) is 8.57. The average Bonchev–Trinajstić information content (AvgIpc) is 3.28. The molecule has 10 nitrogen and oxygen atoms in total. The summed E-state index contributed by atoms with van der Waals surface area (Å²) >= 11 is 0. The summed E-state index contributed by atoms with van der Waals surface area (Å²) in [5.74, 6) is -0.515. The summed E-state index contributed by atoms with van der Waals surface area (Å²) in [5.41, 5.74) is 1.23. The summed E-state index contributed by atoms with van der Waals surface area (Å²) in [5, 5.41) is 9.80. The number of hydrogen-bond acceptors (Lipinski definition) is 7. The Morgan fingerprint density at radius 3 is 2.52 bits per heavy atom. The summed E-state index contributed by atoms with van der Waals surface area (Å²) in [6, 6.07) is 9.29. The highest BCUT2D eigenvalue weighted by Crippen LogP contribution is 2.15. The summed E-state index contributed by atoms with van der Waals surface area (Å²) in [6.07, 6.45) is 3.61. The van der Waals surface area contributed by atoms with Gasteiger partial charge in [0.1, 0.15) is 6.04 Å². The lowest BCUT2D eigenvalue weighted by atomic mass is 10.1. The van der Waals surface area contributed by atoms with Crippen LogP contribution >= 0.6 is 12.4 Å². The molecule has 29 heavy (non-hydrogen) atoms. The molecule has 1 aliphatic heterocycles. The zero-order valence-corrected chi connectivity index (χ0v) is 15.8. The van der Waals surface area contributed by atoms with E-state index >= 15 is 0 Å². The largest absolute Gasteiger partial charge is 0.464 e. The van der Waals surface area contributed by atoms with Crippen molar-refractivity contribution in [2.24, 2.45) is 0 Å². The third kappa shape index (κ3) is 4.43. The van der Waals surface area contributed by atoms with E-state index in [-0.39, 0.29) is 24.3 Å². The van der Waals surface area contributed by atoms with E-state index in [1.54, 1.807) is 48.8 Å². The average molecular weight is 417 g/mol. The van der Waals surface area contributed by atoms with Gasteiger partial charge in [-0.15, -0.1) is 17.5 Å². The molecule has 0 spiro atoms. The van der Waals surface area contributed by atoms with Crippen molar-refractivity contribution in [3.8, 4) is 5.69 Å². The fourth-order valence-corrected chi connectivity index (χ4v) is 2.75. The molecule has 1 fully saturated rings. The van der Waals surface area contributed by atoms with Gasteiger partial charge in [0.05, 0.1) is 12.3 Å². The molecule has 1 aliphatic rings. The first-order valence-electron chi connectivity index (χ1n) is 8.54. The van der Waals surface area contributed by atoms with E-state index in [0.717, 1.165) is 0 Å². The minimum Gasteiger partial charge on any atom is -0.464 e. The highest BCUT2D eigenvalue weighted by Gasteiger charge is 2.28. The molecule has 0 bridgehead atoms. The van der Waals surface area contributed by atoms with Crippen molar-refractivity contribution in [3.05, 3.63) is 64.8 Å². The Kier molecular flexibility index (Phi) is 5.93. The van der Waals surface area contributed by atoms with Crippen LogP contribution in [-0.2, 0) is 9.53 Å². The zero-order valence-electron chi connectivity index (χ0n) is 15.0. The SMILES string of the molecule is Cl.O=C(N[C@@H]1CCOC1=O)c1ccc(Nc2nn(-c3ccncc3)c(=O)[nH]2)cc1. The number of esters is 1. The van der Waals surface area contributed by atoms with E-state index in [1.165, 1.54) is 4.68 Å². The summed E-state index contributed by atoms with van der Waals surface area (Å²) in [4.78, 5) is 42.2. The molecule has 1 amide bonds. The lowest BCUT2D eigenvalue weighted by molar-refractivity contribution is -0.139. The van der Waals surface area contributed by atoms with Crippen molar-refractivity contribution in [2.75, 3.05) is 11.9 Å². The Morgan fingerprint density at radius 1 is 1.14 bits per heavy atom. The molecule has 150 valence electrons. The molecule has 0 saturated carbocycles. The number of amides is 1. The summed E-state index contributed by atoms with van der Waals surface area (Å²) in [6.45, 7) is 0.316. The Morgan fingerprint density at radius 2 is 1.86 bits per heavy atom. The normalized spacial score (nSPS) is 15.3. The van der Waals surface area contributed by atoms with Crippen LogP contribution in [0, 0.1) is 0 Å². The van der Waals surface area contributed by atoms with Gasteiger partial charge in [-0.1, -0.05) is 0 Å². The van der Waals surface area contributed by atoms with Gasteiger partial charge < -0.3 is 15.4 Å². The number of nitrogens with one attached hydrogen (secondary N) is 3. The van der Waals surface area contributed by atoms with Crippen LogP contribution in [0.15, 0.2) is 53.6 Å². The lowest BCUT2D eigenvalue weighted by Crippen LogP contribution is -2.37. The molecule has 0 aliphatic carbocycles. The maximum Gasteiger partial charge on any atom is 0.349 e. The van der Waals surface area contributed by atoms with Crippen LogP contribution in [0.1, 0.15) is 16.8 Å². The lowest BCUT2D eigenvalue weighted by Gasteiger charge is -2.09. The first-order chi connectivity index (χ1) is 13.6. The topological polar surface area (TPSA) is 131 Å². The Labute approximate surface area is 170 Å². The quantitative estimate of drug-likeness (QED) is 0.532. The maximum absolute atomic E-state index is 12.2. The number of pyridine rings is 1. The van der Waals surface area contributed by atoms with Gasteiger partial charge >= 0.3 is 11.7 Å². The number of hydrogen-bond donors (Lipinski definition) is 3. The van der Waals surface area contributed by atoms with Gasteiger partial charge in [-0.25, -0.2) is 9.59 Å². The van der Waals surface area contributed by atoms with Crippen molar-refractivity contribution in [1.29, 1.82) is 0 Å². The molecule has 1 atom stereocenters. The highest BCUT2D eigenvalue weighted by molar-refractivity contribution is 5.97. The zero-order chi connectivity index (χ0) is 19.5. The maximum atomic E-state index is 12.2. The molecule has 0 unspecified atom stereocenters. The number of halogens is 1. The van der Waals surface area contributed by atoms with E-state index in [9.17, 15) is 14.4 Å². The number of H-pyrrole nitrogens is 1. The van der Waals surface area contributed by atoms with Crippen molar-refractivity contribution < 1.29 is 14.3 Å². The minimum absolute atomic E-state index is 0. The molecule has 2 aromatic heterocycles. The fraction of sp³-hybridized carbons (Fsp3) is 0.167. The number of anilines is 2. The van der Waals surface area contributed by atoms with Gasteiger partial charge in [0.15, 0.2) is 0 Å². The van der Waals surface area contributed by atoms with Crippen LogP contribution in [-0.4, -0.2) is 44.3 Å². The second-order valence-electron chi connectivity index (χ2n) is 6.08. The van der Waals surface area contributed by atoms with Gasteiger partial charge in [-0.2, -0.15) is 4.68 Å². The molecule has 3 aromatic rings. The minimum atomic E-state index is -0.604. The number of aromatic nitrogens is 4. The molecular weight excluding hydrogens is 400 g/mol. The first-order valence-corrected chi connectivity index (χ1v) is 8.54. The van der Waals surface area contributed by atoms with E-state index in [0.29, 0.717) is 30.0 Å². The van der Waals surface area contributed by atoms with Crippen LogP contribution in [0.25, 0.3) is 5.69 Å². The smallest absolute Gasteiger partial charge is 0.349 e. The van der Waals surface area contributed by atoms with Crippen LogP contribution < -0.4 is 16.3 Å². The molecule has 11 heteroatoms. The number of aromatic amines is 1. The number of carbonyl (C=O) groups excluding carboxylic acids is 2. The number of benzene rings is 1. The van der Waals surface area contributed by atoms with Crippen LogP contribution in [0.3, 0.4) is 0 Å². The molecule has 1 saturated heterocycles. The van der Waals surface area contributed by atoms with Crippen molar-refractivity contribution in [2.45, 2.75) is 12.5 Å². The Bertz CT molecular complexity index is 1060. The molecule has 0 radical (unpaired) electrons. The number of cyclic esters (lactones) is 1. The van der Waals surface area contributed by atoms with Gasteiger partial charge in [0.25, 0.3) is 5.91 Å². The fourth-order valence-electron chi connectivity index (χ4n) is 2.75. The van der Waals surface area contributed by atoms with E-state index in [1.807, 2.05) is 0 Å². The highest BCUT2D eigenvalue weighted by atomic mass is 35.5. The monoisotopic (exact) mass is 416 g/mol. The van der Waals surface area contributed by atoms with Crippen LogP contribution in [0.2, 0.25) is 0 Å². The number of nitrogens with zero attached hydrogens (tertiary/aromatic N) is 3. The van der Waals surface area contributed by atoms with Crippen LogP contribution in [0.5, 0.6) is 0 Å². The Balaban J connectivity index is 0.00000240. The van der Waals surface area contributed by atoms with Crippen LogP contribution in [0.4, 0.5) is 11.6 Å². The van der Waals surface area contributed by atoms with Gasteiger partial charge in [0, 0.05) is 30.1 Å². The molecule has 3 N–H and O–H groups in total. The molecular formula is C18H17ClN6O4. The van der Waals surface area contributed by atoms with E-state index in [2.05, 4.69) is 25.7 Å². The number of ether oxygens (including phenoxy) is 1. The van der Waals surface area contributed by atoms with E-state index in [4.69, 9.17) is 4.74 Å². The third-order valence-corrected chi connectivity index (χ3v) is 4.18. The number of carbonyl (C=O) groups is 2. The predicted octanol–water partition coefficient (Wildman–Crippen LogP) is 1.17. The summed E-state index contributed by atoms with van der Waals surface area (Å²) in [7, 11) is 0. The Hall–Kier alpha value is -3.66. The molecule has 4 rings (SSSR count). The van der Waals surface area contributed by atoms with Gasteiger partial charge in [0.2, 0.25) is 5.95 Å². The summed E-state index contributed by atoms with van der Waals surface area (Å²) < 4.78 is 6.04. The van der Waals surface area contributed by atoms with Gasteiger partial charge in [-0.05, 0) is 36.4 Å². The predicted molar refractivity (Wildman–Crippen MR) is 106 cm³/mol. The third-order valence-electron chi connectivity index (χ3n) is 4.18. The van der Waals surface area contributed by atoms with Gasteiger partial charge in [-0.3, -0.25) is 14.8 Å². The van der Waals surface area contributed by atoms with Crippen molar-refractivity contribution in [1.82, 2.24) is 25.1 Å². The second-order valence-corrected chi connectivity index (χ2v) is 6.08. The molecule has 1 aromatic carbocycles. The van der Waals surface area contributed by atoms with E-state index < -0.39 is 17.7 Å². The van der Waals surface area contributed by atoms with Crippen molar-refractivity contribution >= 4 is 35.9 Å². The standard InChI is InChI=1S/C18H16N6O4.ClH/c25-15(21-14-7-10-28-16(14)26)11-1-3-12(4-2-11)20-17-22-18(27)24(23-17)13-5-8-19-9-6-13;/h1-6,8-9,14H,7,10H2,(H,21,25)(H2,20,22,23,27);1H/t14-;/m1./s1. The van der Waals surface area contributed by atoms with Crippen molar-refractivity contribution in [3.63, 3.8) is 0 Å². The number of rotatable bonds is 5.